The summed E-state index contributed by atoms with van der Waals surface area (Å²) in [6.45, 7) is 5.27. The molecule has 1 unspecified atom stereocenters. The van der Waals surface area contributed by atoms with Gasteiger partial charge in [0.25, 0.3) is 0 Å². The van der Waals surface area contributed by atoms with Crippen molar-refractivity contribution in [3.8, 4) is 0 Å². The van der Waals surface area contributed by atoms with Gasteiger partial charge in [-0.2, -0.15) is 0 Å². The second-order valence-corrected chi connectivity index (χ2v) is 6.98. The lowest BCUT2D eigenvalue weighted by atomic mass is 10.1. The van der Waals surface area contributed by atoms with Crippen molar-refractivity contribution in [3.63, 3.8) is 0 Å². The number of amides is 1. The highest BCUT2D eigenvalue weighted by Crippen LogP contribution is 2.13. The molecular weight excluding hydrogens is 501 g/mol. The van der Waals surface area contributed by atoms with Gasteiger partial charge < -0.3 is 16.0 Å². The standard InChI is InChI=1S/C21H28ClN5O.HI/c1-4-15(2)20(28)27-18-7-5-6-17(12-18)14-26-21(23-3)24-11-10-16-8-9-19(22)25-13-16;/h5-9,12-13,15H,4,10-11,14H2,1-3H3,(H,27,28)(H2,23,24,26);1H. The van der Waals surface area contributed by atoms with Crippen molar-refractivity contribution < 1.29 is 4.79 Å². The Bertz CT molecular complexity index is 798. The Morgan fingerprint density at radius 1 is 1.21 bits per heavy atom. The molecule has 1 heterocycles. The second kappa shape index (κ2) is 13.4. The number of hydrogen-bond donors (Lipinski definition) is 3. The van der Waals surface area contributed by atoms with Crippen molar-refractivity contribution in [2.24, 2.45) is 10.9 Å². The van der Waals surface area contributed by atoms with Crippen molar-refractivity contribution in [2.45, 2.75) is 33.2 Å². The van der Waals surface area contributed by atoms with Crippen LogP contribution in [0.15, 0.2) is 47.6 Å². The topological polar surface area (TPSA) is 78.4 Å². The Morgan fingerprint density at radius 3 is 2.66 bits per heavy atom. The number of benzene rings is 1. The highest BCUT2D eigenvalue weighted by Gasteiger charge is 2.10. The van der Waals surface area contributed by atoms with Crippen LogP contribution in [0.2, 0.25) is 5.15 Å². The SMILES string of the molecule is CCC(C)C(=O)Nc1cccc(CNC(=NC)NCCc2ccc(Cl)nc2)c1.I. The van der Waals surface area contributed by atoms with Gasteiger partial charge in [-0.1, -0.05) is 43.6 Å². The molecule has 0 spiro atoms. The van der Waals surface area contributed by atoms with E-state index >= 15 is 0 Å². The van der Waals surface area contributed by atoms with E-state index in [-0.39, 0.29) is 35.8 Å². The van der Waals surface area contributed by atoms with E-state index < -0.39 is 0 Å². The van der Waals surface area contributed by atoms with Crippen LogP contribution in [0.4, 0.5) is 5.69 Å². The summed E-state index contributed by atoms with van der Waals surface area (Å²) in [5.74, 6) is 0.762. The number of hydrogen-bond acceptors (Lipinski definition) is 3. The van der Waals surface area contributed by atoms with Gasteiger partial charge in [-0.05, 0) is 42.2 Å². The zero-order chi connectivity index (χ0) is 20.4. The Hall–Kier alpha value is -1.87. The fourth-order valence-electron chi connectivity index (χ4n) is 2.50. The summed E-state index contributed by atoms with van der Waals surface area (Å²) in [4.78, 5) is 20.4. The average Bonchev–Trinajstić information content (AvgIpc) is 2.71. The third-order valence-corrected chi connectivity index (χ3v) is 4.66. The predicted octanol–water partition coefficient (Wildman–Crippen LogP) is 4.25. The van der Waals surface area contributed by atoms with Gasteiger partial charge in [0.05, 0.1) is 0 Å². The number of aliphatic imine (C=N–C) groups is 1. The van der Waals surface area contributed by atoms with Crippen molar-refractivity contribution >= 4 is 53.1 Å². The van der Waals surface area contributed by atoms with E-state index in [9.17, 15) is 4.79 Å². The van der Waals surface area contributed by atoms with Crippen LogP contribution >= 0.6 is 35.6 Å². The van der Waals surface area contributed by atoms with Gasteiger partial charge in [0.2, 0.25) is 5.91 Å². The molecule has 2 aromatic rings. The molecule has 0 aliphatic carbocycles. The molecule has 2 rings (SSSR count). The number of anilines is 1. The van der Waals surface area contributed by atoms with E-state index in [0.717, 1.165) is 42.2 Å². The number of rotatable bonds is 8. The first-order chi connectivity index (χ1) is 13.5. The molecule has 0 saturated carbocycles. The maximum atomic E-state index is 12.1. The number of nitrogens with zero attached hydrogens (tertiary/aromatic N) is 2. The lowest BCUT2D eigenvalue weighted by Gasteiger charge is -2.13. The van der Waals surface area contributed by atoms with Crippen molar-refractivity contribution in [1.82, 2.24) is 15.6 Å². The minimum absolute atomic E-state index is 0. The molecule has 0 fully saturated rings. The third kappa shape index (κ3) is 8.99. The molecule has 29 heavy (non-hydrogen) atoms. The monoisotopic (exact) mass is 529 g/mol. The van der Waals surface area contributed by atoms with Crippen LogP contribution < -0.4 is 16.0 Å². The fourth-order valence-corrected chi connectivity index (χ4v) is 2.61. The van der Waals surface area contributed by atoms with Crippen LogP contribution in [0.25, 0.3) is 0 Å². The van der Waals surface area contributed by atoms with Crippen LogP contribution in [0.5, 0.6) is 0 Å². The Labute approximate surface area is 195 Å². The molecule has 0 radical (unpaired) electrons. The van der Waals surface area contributed by atoms with Crippen molar-refractivity contribution in [3.05, 3.63) is 58.9 Å². The maximum Gasteiger partial charge on any atom is 0.227 e. The maximum absolute atomic E-state index is 12.1. The van der Waals surface area contributed by atoms with Gasteiger partial charge in [-0.3, -0.25) is 9.79 Å². The highest BCUT2D eigenvalue weighted by atomic mass is 127. The first kappa shape index (κ1) is 25.2. The Morgan fingerprint density at radius 2 is 2.00 bits per heavy atom. The number of aromatic nitrogens is 1. The normalized spacial score (nSPS) is 11.9. The van der Waals surface area contributed by atoms with E-state index in [0.29, 0.717) is 11.7 Å². The minimum atomic E-state index is 0. The molecule has 0 aliphatic rings. The third-order valence-electron chi connectivity index (χ3n) is 4.43. The molecule has 0 aliphatic heterocycles. The van der Waals surface area contributed by atoms with E-state index in [2.05, 4.69) is 25.9 Å². The number of carbonyl (C=O) groups excluding carboxylic acids is 1. The zero-order valence-electron chi connectivity index (χ0n) is 17.0. The van der Waals surface area contributed by atoms with Crippen LogP contribution in [0, 0.1) is 5.92 Å². The first-order valence-corrected chi connectivity index (χ1v) is 9.84. The molecule has 0 bridgehead atoms. The average molecular weight is 530 g/mol. The summed E-state index contributed by atoms with van der Waals surface area (Å²) in [6, 6.07) is 11.6. The van der Waals surface area contributed by atoms with Crippen LogP contribution in [-0.2, 0) is 17.8 Å². The van der Waals surface area contributed by atoms with Gasteiger partial charge in [-0.15, -0.1) is 24.0 Å². The summed E-state index contributed by atoms with van der Waals surface area (Å²) in [5.41, 5.74) is 2.98. The van der Waals surface area contributed by atoms with Gasteiger partial charge >= 0.3 is 0 Å². The summed E-state index contributed by atoms with van der Waals surface area (Å²) in [6.07, 6.45) is 3.42. The Balaban J connectivity index is 0.00000420. The smallest absolute Gasteiger partial charge is 0.227 e. The van der Waals surface area contributed by atoms with E-state index in [1.165, 1.54) is 0 Å². The van der Waals surface area contributed by atoms with E-state index in [4.69, 9.17) is 11.6 Å². The number of pyridine rings is 1. The highest BCUT2D eigenvalue weighted by molar-refractivity contribution is 14.0. The summed E-state index contributed by atoms with van der Waals surface area (Å²) in [5, 5.41) is 10.0. The number of carbonyl (C=O) groups is 1. The molecule has 1 atom stereocenters. The Kier molecular flexibility index (Phi) is 11.6. The van der Waals surface area contributed by atoms with Gasteiger partial charge in [-0.25, -0.2) is 4.98 Å². The minimum Gasteiger partial charge on any atom is -0.356 e. The van der Waals surface area contributed by atoms with E-state index in [1.54, 1.807) is 19.3 Å². The number of halogens is 2. The van der Waals surface area contributed by atoms with Crippen LogP contribution in [0.3, 0.4) is 0 Å². The predicted molar refractivity (Wildman–Crippen MR) is 131 cm³/mol. The summed E-state index contributed by atoms with van der Waals surface area (Å²) < 4.78 is 0. The molecule has 0 saturated heterocycles. The van der Waals surface area contributed by atoms with Crippen molar-refractivity contribution in [2.75, 3.05) is 18.9 Å². The molecule has 1 aromatic carbocycles. The molecule has 6 nitrogen and oxygen atoms in total. The molecule has 1 amide bonds. The molecule has 158 valence electrons. The largest absolute Gasteiger partial charge is 0.356 e. The lowest BCUT2D eigenvalue weighted by Crippen LogP contribution is -2.37. The molecular formula is C21H29ClIN5O. The van der Waals surface area contributed by atoms with Gasteiger partial charge in [0.1, 0.15) is 5.15 Å². The van der Waals surface area contributed by atoms with Gasteiger partial charge in [0, 0.05) is 37.9 Å². The second-order valence-electron chi connectivity index (χ2n) is 6.59. The number of nitrogens with one attached hydrogen (secondary N) is 3. The molecule has 1 aromatic heterocycles. The molecule has 3 N–H and O–H groups in total. The van der Waals surface area contributed by atoms with Gasteiger partial charge in [0.15, 0.2) is 5.96 Å². The van der Waals surface area contributed by atoms with Crippen molar-refractivity contribution in [1.29, 1.82) is 0 Å². The van der Waals surface area contributed by atoms with E-state index in [1.807, 2.05) is 44.2 Å². The lowest BCUT2D eigenvalue weighted by molar-refractivity contribution is -0.119. The summed E-state index contributed by atoms with van der Waals surface area (Å²) in [7, 11) is 1.74. The number of guanidine groups is 1. The first-order valence-electron chi connectivity index (χ1n) is 9.46. The summed E-state index contributed by atoms with van der Waals surface area (Å²) >= 11 is 5.80. The quantitative estimate of drug-likeness (QED) is 0.207. The molecule has 8 heteroatoms. The zero-order valence-corrected chi connectivity index (χ0v) is 20.1. The van der Waals surface area contributed by atoms with Crippen LogP contribution in [-0.4, -0.2) is 30.4 Å². The fraction of sp³-hybridized carbons (Fsp3) is 0.381. The van der Waals surface area contributed by atoms with Crippen LogP contribution in [0.1, 0.15) is 31.4 Å².